The highest BCUT2D eigenvalue weighted by Crippen LogP contribution is 2.25. The van der Waals surface area contributed by atoms with E-state index in [2.05, 4.69) is 36.6 Å². The third-order valence-electron chi connectivity index (χ3n) is 4.52. The first-order valence-electron chi connectivity index (χ1n) is 8.64. The van der Waals surface area contributed by atoms with Crippen molar-refractivity contribution in [3.63, 3.8) is 0 Å². The summed E-state index contributed by atoms with van der Waals surface area (Å²) in [6.07, 6.45) is 1.15. The number of ether oxygens (including phenoxy) is 2. The summed E-state index contributed by atoms with van der Waals surface area (Å²) < 4.78 is 11.0. The van der Waals surface area contributed by atoms with Crippen LogP contribution in [0.15, 0.2) is 30.3 Å². The van der Waals surface area contributed by atoms with E-state index in [0.717, 1.165) is 6.42 Å². The quantitative estimate of drug-likeness (QED) is 0.751. The predicted octanol–water partition coefficient (Wildman–Crippen LogP) is 2.77. The summed E-state index contributed by atoms with van der Waals surface area (Å²) >= 11 is 0. The Kier molecular flexibility index (Phi) is 6.38. The SMILES string of the molecule is COC(=O)C[C@@H](C[C@H]1OC(C)(C)N[C@@H]1C)N[C@H](C)c1ccccc1. The second-order valence-corrected chi connectivity index (χ2v) is 7.11. The van der Waals surface area contributed by atoms with Crippen LogP contribution in [0.3, 0.4) is 0 Å². The maximum absolute atomic E-state index is 11.8. The zero-order chi connectivity index (χ0) is 17.7. The van der Waals surface area contributed by atoms with Gasteiger partial charge < -0.3 is 14.8 Å². The lowest BCUT2D eigenvalue weighted by Crippen LogP contribution is -2.40. The fourth-order valence-corrected chi connectivity index (χ4v) is 3.37. The highest BCUT2D eigenvalue weighted by Gasteiger charge is 2.38. The summed E-state index contributed by atoms with van der Waals surface area (Å²) in [5.74, 6) is -0.203. The molecular formula is C19H30N2O3. The number of hydrogen-bond donors (Lipinski definition) is 2. The van der Waals surface area contributed by atoms with Gasteiger partial charge in [-0.3, -0.25) is 10.1 Å². The van der Waals surface area contributed by atoms with Crippen LogP contribution >= 0.6 is 0 Å². The Labute approximate surface area is 145 Å². The van der Waals surface area contributed by atoms with Gasteiger partial charge in [0.25, 0.3) is 0 Å². The van der Waals surface area contributed by atoms with E-state index in [4.69, 9.17) is 9.47 Å². The molecule has 0 saturated carbocycles. The van der Waals surface area contributed by atoms with Crippen LogP contribution in [0.1, 0.15) is 52.1 Å². The monoisotopic (exact) mass is 334 g/mol. The highest BCUT2D eigenvalue weighted by molar-refractivity contribution is 5.69. The Morgan fingerprint density at radius 1 is 1.38 bits per heavy atom. The molecule has 1 fully saturated rings. The molecule has 5 heteroatoms. The largest absolute Gasteiger partial charge is 0.469 e. The van der Waals surface area contributed by atoms with Crippen molar-refractivity contribution < 1.29 is 14.3 Å². The van der Waals surface area contributed by atoms with Crippen LogP contribution in [0, 0.1) is 0 Å². The number of benzene rings is 1. The summed E-state index contributed by atoms with van der Waals surface area (Å²) in [6, 6.07) is 10.6. The van der Waals surface area contributed by atoms with Crippen LogP contribution in [0.25, 0.3) is 0 Å². The number of carbonyl (C=O) groups excluding carboxylic acids is 1. The Hall–Kier alpha value is -1.43. The summed E-state index contributed by atoms with van der Waals surface area (Å²) in [5, 5.41) is 7.00. The summed E-state index contributed by atoms with van der Waals surface area (Å²) in [5.41, 5.74) is 0.872. The molecule has 2 rings (SSSR count). The summed E-state index contributed by atoms with van der Waals surface area (Å²) in [6.45, 7) is 8.29. The number of rotatable bonds is 7. The molecule has 5 nitrogen and oxygen atoms in total. The maximum Gasteiger partial charge on any atom is 0.307 e. The van der Waals surface area contributed by atoms with Crippen molar-refractivity contribution in [1.29, 1.82) is 0 Å². The van der Waals surface area contributed by atoms with Crippen molar-refractivity contribution in [3.8, 4) is 0 Å². The molecule has 0 radical (unpaired) electrons. The van der Waals surface area contributed by atoms with Gasteiger partial charge >= 0.3 is 5.97 Å². The standard InChI is InChI=1S/C19H30N2O3/c1-13(15-9-7-6-8-10-15)20-16(12-18(22)23-5)11-17-14(2)21-19(3,4)24-17/h6-10,13-14,16-17,20-21H,11-12H2,1-5H3/t13-,14-,16-,17-/m1/s1. The van der Waals surface area contributed by atoms with E-state index in [1.165, 1.54) is 12.7 Å². The van der Waals surface area contributed by atoms with E-state index in [1.54, 1.807) is 0 Å². The third kappa shape index (κ3) is 5.30. The molecule has 0 amide bonds. The zero-order valence-corrected chi connectivity index (χ0v) is 15.3. The molecule has 0 bridgehead atoms. The Bertz CT molecular complexity index is 533. The van der Waals surface area contributed by atoms with Gasteiger partial charge in [-0.1, -0.05) is 30.3 Å². The molecule has 1 heterocycles. The lowest BCUT2D eigenvalue weighted by molar-refractivity contribution is -0.141. The molecule has 1 aliphatic heterocycles. The van der Waals surface area contributed by atoms with Gasteiger partial charge in [0, 0.05) is 18.1 Å². The second-order valence-electron chi connectivity index (χ2n) is 7.11. The Balaban J connectivity index is 2.03. The van der Waals surface area contributed by atoms with Crippen molar-refractivity contribution in [2.24, 2.45) is 0 Å². The maximum atomic E-state index is 11.8. The van der Waals surface area contributed by atoms with Gasteiger partial charge in [-0.15, -0.1) is 0 Å². The lowest BCUT2D eigenvalue weighted by Gasteiger charge is -2.27. The van der Waals surface area contributed by atoms with Crippen LogP contribution in [0.4, 0.5) is 0 Å². The number of esters is 1. The lowest BCUT2D eigenvalue weighted by atomic mass is 9.99. The molecule has 1 aromatic rings. The first-order valence-corrected chi connectivity index (χ1v) is 8.64. The number of carbonyl (C=O) groups is 1. The smallest absolute Gasteiger partial charge is 0.307 e. The fraction of sp³-hybridized carbons (Fsp3) is 0.632. The molecule has 1 aliphatic rings. The van der Waals surface area contributed by atoms with Gasteiger partial charge in [-0.25, -0.2) is 0 Å². The number of methoxy groups -OCH3 is 1. The van der Waals surface area contributed by atoms with E-state index in [-0.39, 0.29) is 35.9 Å². The molecule has 0 aliphatic carbocycles. The van der Waals surface area contributed by atoms with E-state index in [9.17, 15) is 4.79 Å². The van der Waals surface area contributed by atoms with Gasteiger partial charge in [-0.05, 0) is 39.7 Å². The molecule has 134 valence electrons. The number of nitrogens with one attached hydrogen (secondary N) is 2. The average molecular weight is 334 g/mol. The summed E-state index contributed by atoms with van der Waals surface area (Å²) in [7, 11) is 1.43. The van der Waals surface area contributed by atoms with Crippen LogP contribution < -0.4 is 10.6 Å². The molecule has 24 heavy (non-hydrogen) atoms. The minimum atomic E-state index is -0.328. The van der Waals surface area contributed by atoms with Crippen LogP contribution in [-0.2, 0) is 14.3 Å². The fourth-order valence-electron chi connectivity index (χ4n) is 3.37. The number of hydrogen-bond acceptors (Lipinski definition) is 5. The molecule has 1 saturated heterocycles. The second kappa shape index (κ2) is 8.10. The predicted molar refractivity (Wildman–Crippen MR) is 94.6 cm³/mol. The highest BCUT2D eigenvalue weighted by atomic mass is 16.5. The summed E-state index contributed by atoms with van der Waals surface area (Å²) in [4.78, 5) is 11.8. The van der Waals surface area contributed by atoms with E-state index in [1.807, 2.05) is 32.0 Å². The van der Waals surface area contributed by atoms with Crippen molar-refractivity contribution in [2.75, 3.05) is 7.11 Å². The van der Waals surface area contributed by atoms with Crippen molar-refractivity contribution in [1.82, 2.24) is 10.6 Å². The van der Waals surface area contributed by atoms with Crippen LogP contribution in [-0.4, -0.2) is 37.0 Å². The topological polar surface area (TPSA) is 59.6 Å². The zero-order valence-electron chi connectivity index (χ0n) is 15.3. The first kappa shape index (κ1) is 18.9. The molecule has 0 unspecified atom stereocenters. The van der Waals surface area contributed by atoms with Gasteiger partial charge in [0.2, 0.25) is 0 Å². The minimum absolute atomic E-state index is 0.00388. The van der Waals surface area contributed by atoms with Crippen molar-refractivity contribution in [3.05, 3.63) is 35.9 Å². The molecular weight excluding hydrogens is 304 g/mol. The minimum Gasteiger partial charge on any atom is -0.469 e. The molecule has 0 spiro atoms. The van der Waals surface area contributed by atoms with Gasteiger partial charge in [0.15, 0.2) is 0 Å². The Morgan fingerprint density at radius 3 is 2.58 bits per heavy atom. The third-order valence-corrected chi connectivity index (χ3v) is 4.52. The first-order chi connectivity index (χ1) is 11.3. The normalized spacial score (nSPS) is 25.2. The van der Waals surface area contributed by atoms with Crippen LogP contribution in [0.2, 0.25) is 0 Å². The van der Waals surface area contributed by atoms with E-state index >= 15 is 0 Å². The van der Waals surface area contributed by atoms with Gasteiger partial charge in [0.1, 0.15) is 5.72 Å². The molecule has 4 atom stereocenters. The van der Waals surface area contributed by atoms with Gasteiger partial charge in [-0.2, -0.15) is 0 Å². The van der Waals surface area contributed by atoms with Gasteiger partial charge in [0.05, 0.1) is 19.6 Å². The van der Waals surface area contributed by atoms with E-state index in [0.29, 0.717) is 6.42 Å². The van der Waals surface area contributed by atoms with E-state index < -0.39 is 0 Å². The average Bonchev–Trinajstić information content (AvgIpc) is 2.79. The molecule has 0 aromatic heterocycles. The molecule has 1 aromatic carbocycles. The molecule has 2 N–H and O–H groups in total. The van der Waals surface area contributed by atoms with Crippen molar-refractivity contribution >= 4 is 5.97 Å². The Morgan fingerprint density at radius 2 is 2.04 bits per heavy atom. The van der Waals surface area contributed by atoms with Crippen LogP contribution in [0.5, 0.6) is 0 Å². The van der Waals surface area contributed by atoms with Crippen molar-refractivity contribution in [2.45, 2.75) is 70.5 Å².